The van der Waals surface area contributed by atoms with Gasteiger partial charge in [0.05, 0.1) is 12.9 Å². The quantitative estimate of drug-likeness (QED) is 0.306. The molecule has 0 unspecified atom stereocenters. The van der Waals surface area contributed by atoms with Crippen LogP contribution in [-0.4, -0.2) is 21.3 Å². The number of hydrogen-bond donors (Lipinski definition) is 0. The Hall–Kier alpha value is 0.910. The van der Waals surface area contributed by atoms with Gasteiger partial charge in [-0.1, -0.05) is 64.7 Å². The maximum atomic E-state index is 10.7. The Bertz CT molecular complexity index is 259. The van der Waals surface area contributed by atoms with Gasteiger partial charge in [-0.2, -0.15) is 8.42 Å². The van der Waals surface area contributed by atoms with Crippen molar-refractivity contribution in [3.63, 3.8) is 0 Å². The van der Waals surface area contributed by atoms with Crippen LogP contribution < -0.4 is 29.6 Å². The first kappa shape index (κ1) is 21.2. The van der Waals surface area contributed by atoms with Gasteiger partial charge in [-0.25, -0.2) is 0 Å². The SMILES string of the molecule is CCCCCCCCCCCCOS(C)(=O)=O.[H-].[Na+]. The zero-order valence-electron chi connectivity index (χ0n) is 13.4. The van der Waals surface area contributed by atoms with E-state index in [0.29, 0.717) is 6.61 Å². The second-order valence-electron chi connectivity index (χ2n) is 4.71. The molecule has 0 atom stereocenters. The van der Waals surface area contributed by atoms with Gasteiger partial charge in [-0.15, -0.1) is 0 Å². The molecule has 0 aliphatic heterocycles. The fraction of sp³-hybridized carbons (Fsp3) is 1.00. The molecule has 0 aliphatic carbocycles. The van der Waals surface area contributed by atoms with Gasteiger partial charge < -0.3 is 1.43 Å². The summed E-state index contributed by atoms with van der Waals surface area (Å²) in [5, 5.41) is 0. The molecule has 0 saturated carbocycles. The Morgan fingerprint density at radius 2 is 1.22 bits per heavy atom. The van der Waals surface area contributed by atoms with E-state index in [2.05, 4.69) is 11.1 Å². The van der Waals surface area contributed by atoms with E-state index in [-0.39, 0.29) is 31.0 Å². The molecule has 0 N–H and O–H groups in total. The third kappa shape index (κ3) is 19.3. The Labute approximate surface area is 137 Å². The van der Waals surface area contributed by atoms with Crippen LogP contribution >= 0.6 is 0 Å². The number of rotatable bonds is 12. The van der Waals surface area contributed by atoms with E-state index in [1.807, 2.05) is 0 Å². The van der Waals surface area contributed by atoms with Crippen molar-refractivity contribution in [1.29, 1.82) is 0 Å². The van der Waals surface area contributed by atoms with Crippen molar-refractivity contribution in [2.45, 2.75) is 71.1 Å². The van der Waals surface area contributed by atoms with Gasteiger partial charge in [0.1, 0.15) is 0 Å². The molecule has 18 heavy (non-hydrogen) atoms. The average molecular weight is 288 g/mol. The molecular formula is C13H29NaO3S. The van der Waals surface area contributed by atoms with E-state index in [0.717, 1.165) is 19.1 Å². The van der Waals surface area contributed by atoms with Crippen molar-refractivity contribution in [3.05, 3.63) is 0 Å². The molecule has 0 bridgehead atoms. The van der Waals surface area contributed by atoms with Crippen LogP contribution in [0.5, 0.6) is 0 Å². The summed E-state index contributed by atoms with van der Waals surface area (Å²) in [4.78, 5) is 0. The van der Waals surface area contributed by atoms with Crippen molar-refractivity contribution in [1.82, 2.24) is 0 Å². The van der Waals surface area contributed by atoms with Crippen LogP contribution in [0.1, 0.15) is 72.6 Å². The molecule has 106 valence electrons. The predicted octanol–water partition coefficient (Wildman–Crippen LogP) is 1.00. The Morgan fingerprint density at radius 1 is 0.833 bits per heavy atom. The van der Waals surface area contributed by atoms with Crippen LogP contribution in [0.25, 0.3) is 0 Å². The number of hydrogen-bond acceptors (Lipinski definition) is 3. The van der Waals surface area contributed by atoms with E-state index >= 15 is 0 Å². The largest absolute Gasteiger partial charge is 1.00 e. The van der Waals surface area contributed by atoms with E-state index in [4.69, 9.17) is 0 Å². The molecular weight excluding hydrogens is 259 g/mol. The van der Waals surface area contributed by atoms with Gasteiger partial charge >= 0.3 is 29.6 Å². The summed E-state index contributed by atoms with van der Waals surface area (Å²) in [6.07, 6.45) is 13.6. The summed E-state index contributed by atoms with van der Waals surface area (Å²) < 4.78 is 26.0. The minimum Gasteiger partial charge on any atom is -1.00 e. The molecule has 0 heterocycles. The van der Waals surface area contributed by atoms with E-state index < -0.39 is 10.1 Å². The monoisotopic (exact) mass is 288 g/mol. The fourth-order valence-corrected chi connectivity index (χ4v) is 2.22. The van der Waals surface area contributed by atoms with Crippen molar-refractivity contribution in [3.8, 4) is 0 Å². The Morgan fingerprint density at radius 3 is 1.61 bits per heavy atom. The summed E-state index contributed by atoms with van der Waals surface area (Å²) in [7, 11) is -3.23. The molecule has 0 aromatic carbocycles. The molecule has 0 aromatic rings. The molecule has 0 aliphatic rings. The molecule has 5 heteroatoms. The van der Waals surface area contributed by atoms with Crippen molar-refractivity contribution in [2.24, 2.45) is 0 Å². The van der Waals surface area contributed by atoms with Crippen molar-refractivity contribution in [2.75, 3.05) is 12.9 Å². The van der Waals surface area contributed by atoms with Crippen LogP contribution in [0.2, 0.25) is 0 Å². The van der Waals surface area contributed by atoms with Crippen LogP contribution in [-0.2, 0) is 14.3 Å². The van der Waals surface area contributed by atoms with Crippen LogP contribution in [0, 0.1) is 0 Å². The smallest absolute Gasteiger partial charge is 1.00 e. The zero-order valence-corrected chi connectivity index (χ0v) is 15.2. The van der Waals surface area contributed by atoms with Crippen LogP contribution in [0.4, 0.5) is 0 Å². The van der Waals surface area contributed by atoms with Gasteiger partial charge in [0, 0.05) is 0 Å². The van der Waals surface area contributed by atoms with Gasteiger partial charge in [0.2, 0.25) is 0 Å². The summed E-state index contributed by atoms with van der Waals surface area (Å²) >= 11 is 0. The summed E-state index contributed by atoms with van der Waals surface area (Å²) in [5.74, 6) is 0. The van der Waals surface area contributed by atoms with E-state index in [1.165, 1.54) is 51.4 Å². The summed E-state index contributed by atoms with van der Waals surface area (Å²) in [6, 6.07) is 0. The molecule has 0 radical (unpaired) electrons. The average Bonchev–Trinajstić information content (AvgIpc) is 2.24. The van der Waals surface area contributed by atoms with E-state index in [1.54, 1.807) is 0 Å². The van der Waals surface area contributed by atoms with Crippen LogP contribution in [0.15, 0.2) is 0 Å². The van der Waals surface area contributed by atoms with E-state index in [9.17, 15) is 8.42 Å². The molecule has 0 saturated heterocycles. The third-order valence-corrected chi connectivity index (χ3v) is 3.39. The van der Waals surface area contributed by atoms with Gasteiger partial charge in [0.25, 0.3) is 10.1 Å². The Balaban J connectivity index is -0.00000128. The molecule has 3 nitrogen and oxygen atoms in total. The predicted molar refractivity (Wildman–Crippen MR) is 73.8 cm³/mol. The summed E-state index contributed by atoms with van der Waals surface area (Å²) in [5.41, 5.74) is 0. The third-order valence-electron chi connectivity index (χ3n) is 2.80. The second-order valence-corrected chi connectivity index (χ2v) is 6.35. The van der Waals surface area contributed by atoms with Gasteiger partial charge in [0.15, 0.2) is 0 Å². The minimum absolute atomic E-state index is 0. The van der Waals surface area contributed by atoms with Crippen molar-refractivity contribution < 1.29 is 43.6 Å². The van der Waals surface area contributed by atoms with Crippen molar-refractivity contribution >= 4 is 10.1 Å². The standard InChI is InChI=1S/C13H28O3S.Na.H/c1-3-4-5-6-7-8-9-10-11-12-13-16-17(2,14)15;;/h3-13H2,1-2H3;;/q;+1;-1. The summed E-state index contributed by atoms with van der Waals surface area (Å²) in [6.45, 7) is 2.58. The van der Waals surface area contributed by atoms with Gasteiger partial charge in [-0.05, 0) is 6.42 Å². The first-order valence-electron chi connectivity index (χ1n) is 6.90. The maximum Gasteiger partial charge on any atom is 1.00 e. The maximum absolute atomic E-state index is 10.7. The molecule has 0 aromatic heterocycles. The molecule has 0 spiro atoms. The molecule has 0 amide bonds. The number of unbranched alkanes of at least 4 members (excludes halogenated alkanes) is 9. The van der Waals surface area contributed by atoms with Gasteiger partial charge in [-0.3, -0.25) is 4.18 Å². The van der Waals surface area contributed by atoms with Crippen LogP contribution in [0.3, 0.4) is 0 Å². The molecule has 0 rings (SSSR count). The Kier molecular flexibility index (Phi) is 16.9. The minimum atomic E-state index is -3.23. The molecule has 0 fully saturated rings. The second kappa shape index (κ2) is 14.3. The fourth-order valence-electron chi connectivity index (χ4n) is 1.80. The topological polar surface area (TPSA) is 43.4 Å². The zero-order chi connectivity index (χ0) is 13.0. The first-order chi connectivity index (χ1) is 8.06. The first-order valence-corrected chi connectivity index (χ1v) is 8.72. The normalized spacial score (nSPS) is 11.2.